The van der Waals surface area contributed by atoms with E-state index in [1.807, 2.05) is 19.6 Å². The summed E-state index contributed by atoms with van der Waals surface area (Å²) in [6.45, 7) is 7.74. The molecule has 1 aromatic carbocycles. The SMILES string of the molecule is C[C@@](CCn1cnc2c(F)c(C#C[Si](C)(C)C)ccc2c1=O)(C(=O)NOC1CCCCO1)S(C)(=O)=O. The number of carbonyl (C=O) groups excluding carboxylic acids is 1. The van der Waals surface area contributed by atoms with E-state index in [-0.39, 0.29) is 29.4 Å². The van der Waals surface area contributed by atoms with Gasteiger partial charge in [0, 0.05) is 25.8 Å². The number of rotatable bonds is 7. The van der Waals surface area contributed by atoms with Gasteiger partial charge in [0.2, 0.25) is 0 Å². The Morgan fingerprint density at radius 1 is 1.36 bits per heavy atom. The maximum atomic E-state index is 15.0. The number of aromatic nitrogens is 2. The molecule has 0 spiro atoms. The van der Waals surface area contributed by atoms with Crippen LogP contribution in [0.5, 0.6) is 0 Å². The highest BCUT2D eigenvalue weighted by molar-refractivity contribution is 7.92. The molecule has 1 aromatic heterocycles. The minimum atomic E-state index is -3.91. The molecule has 2 heterocycles. The maximum absolute atomic E-state index is 15.0. The highest BCUT2D eigenvalue weighted by atomic mass is 32.2. The van der Waals surface area contributed by atoms with Crippen LogP contribution in [-0.4, -0.2) is 55.8 Å². The Balaban J connectivity index is 1.83. The molecule has 1 N–H and O–H groups in total. The lowest BCUT2D eigenvalue weighted by atomic mass is 10.1. The fourth-order valence-corrected chi connectivity index (χ4v) is 4.89. The van der Waals surface area contributed by atoms with Crippen molar-refractivity contribution in [3.8, 4) is 11.5 Å². The Hall–Kier alpha value is -2.59. The number of benzene rings is 1. The number of hydroxylamine groups is 1. The van der Waals surface area contributed by atoms with Gasteiger partial charge in [-0.05, 0) is 38.3 Å². The van der Waals surface area contributed by atoms with Gasteiger partial charge in [-0.2, -0.15) is 0 Å². The standard InChI is InChI=1S/C24H32FN3O6SSi/c1-24(35(2,31)32,23(30)27-34-19-8-6-7-14-33-19)12-13-28-16-26-21-18(22(28)29)10-9-17(20(21)25)11-15-36(3,4)5/h9-10,16,19H,6-8,12-14H2,1-5H3,(H,27,30)/t19?,24-/m1/s1. The average Bonchev–Trinajstić information content (AvgIpc) is 2.81. The first-order chi connectivity index (χ1) is 16.7. The number of hydrogen-bond acceptors (Lipinski definition) is 7. The van der Waals surface area contributed by atoms with Gasteiger partial charge in [-0.3, -0.25) is 14.2 Å². The molecule has 0 saturated carbocycles. The minimum Gasteiger partial charge on any atom is -0.350 e. The van der Waals surface area contributed by atoms with Gasteiger partial charge in [0.15, 0.2) is 26.7 Å². The van der Waals surface area contributed by atoms with E-state index in [0.717, 1.165) is 30.0 Å². The number of halogens is 1. The van der Waals surface area contributed by atoms with E-state index in [1.165, 1.54) is 19.1 Å². The first-order valence-electron chi connectivity index (χ1n) is 11.7. The van der Waals surface area contributed by atoms with E-state index in [9.17, 15) is 22.4 Å². The van der Waals surface area contributed by atoms with E-state index < -0.39 is 46.2 Å². The number of nitrogens with zero attached hydrogens (tertiary/aromatic N) is 2. The Morgan fingerprint density at radius 2 is 2.08 bits per heavy atom. The summed E-state index contributed by atoms with van der Waals surface area (Å²) in [5.41, 5.74) is 4.80. The van der Waals surface area contributed by atoms with Crippen LogP contribution in [0, 0.1) is 17.3 Å². The highest BCUT2D eigenvalue weighted by Gasteiger charge is 2.44. The van der Waals surface area contributed by atoms with Crippen LogP contribution in [0.4, 0.5) is 4.39 Å². The Kier molecular flexibility index (Phi) is 8.39. The van der Waals surface area contributed by atoms with Gasteiger partial charge in [0.05, 0.1) is 17.3 Å². The van der Waals surface area contributed by atoms with Gasteiger partial charge in [-0.15, -0.1) is 5.54 Å². The molecule has 9 nitrogen and oxygen atoms in total. The van der Waals surface area contributed by atoms with Gasteiger partial charge in [0.1, 0.15) is 13.6 Å². The number of sulfone groups is 1. The number of nitrogens with one attached hydrogen (secondary N) is 1. The molecule has 0 aliphatic carbocycles. The summed E-state index contributed by atoms with van der Waals surface area (Å²) in [4.78, 5) is 35.2. The van der Waals surface area contributed by atoms with Crippen LogP contribution < -0.4 is 11.0 Å². The molecule has 12 heteroatoms. The molecule has 1 aliphatic heterocycles. The molecule has 3 rings (SSSR count). The Bertz CT molecular complexity index is 1370. The van der Waals surface area contributed by atoms with E-state index in [2.05, 4.69) is 21.9 Å². The second kappa shape index (κ2) is 10.8. The van der Waals surface area contributed by atoms with Crippen molar-refractivity contribution in [1.29, 1.82) is 0 Å². The lowest BCUT2D eigenvalue weighted by Crippen LogP contribution is -2.51. The van der Waals surface area contributed by atoms with Gasteiger partial charge >= 0.3 is 0 Å². The molecular weight excluding hydrogens is 505 g/mol. The number of carbonyl (C=O) groups is 1. The zero-order valence-electron chi connectivity index (χ0n) is 21.2. The van der Waals surface area contributed by atoms with Crippen molar-refractivity contribution in [2.24, 2.45) is 0 Å². The molecule has 36 heavy (non-hydrogen) atoms. The zero-order valence-corrected chi connectivity index (χ0v) is 23.0. The fraction of sp³-hybridized carbons (Fsp3) is 0.542. The highest BCUT2D eigenvalue weighted by Crippen LogP contribution is 2.23. The molecule has 196 valence electrons. The lowest BCUT2D eigenvalue weighted by Gasteiger charge is -2.28. The summed E-state index contributed by atoms with van der Waals surface area (Å²) in [5, 5.41) is 0.0387. The smallest absolute Gasteiger partial charge is 0.264 e. The number of aryl methyl sites for hydroxylation is 1. The molecule has 2 aromatic rings. The van der Waals surface area contributed by atoms with Gasteiger partial charge < -0.3 is 4.74 Å². The molecule has 1 saturated heterocycles. The normalized spacial score (nSPS) is 18.2. The zero-order chi connectivity index (χ0) is 26.7. The van der Waals surface area contributed by atoms with Crippen LogP contribution in [-0.2, 0) is 30.8 Å². The third kappa shape index (κ3) is 6.39. The second-order valence-corrected chi connectivity index (χ2v) is 17.4. The topological polar surface area (TPSA) is 117 Å². The first-order valence-corrected chi connectivity index (χ1v) is 17.1. The molecule has 1 amide bonds. The molecule has 0 radical (unpaired) electrons. The minimum absolute atomic E-state index is 0.0387. The Morgan fingerprint density at radius 3 is 2.69 bits per heavy atom. The molecule has 1 fully saturated rings. The van der Waals surface area contributed by atoms with Crippen molar-refractivity contribution in [3.05, 3.63) is 40.2 Å². The summed E-state index contributed by atoms with van der Waals surface area (Å²) in [6, 6.07) is 2.90. The summed E-state index contributed by atoms with van der Waals surface area (Å²) in [7, 11) is -5.65. The molecule has 0 bridgehead atoms. The fourth-order valence-electron chi connectivity index (χ4n) is 3.54. The van der Waals surface area contributed by atoms with Gasteiger partial charge in [0.25, 0.3) is 11.5 Å². The summed E-state index contributed by atoms with van der Waals surface area (Å²) < 4.78 is 44.8. The molecule has 1 aliphatic rings. The van der Waals surface area contributed by atoms with Crippen LogP contribution in [0.1, 0.15) is 38.2 Å². The number of amides is 1. The molecular formula is C24H32FN3O6SSi. The predicted octanol–water partition coefficient (Wildman–Crippen LogP) is 2.53. The van der Waals surface area contributed by atoms with Gasteiger partial charge in [-0.1, -0.05) is 25.6 Å². The number of fused-ring (bicyclic) bond motifs is 1. The van der Waals surface area contributed by atoms with Crippen LogP contribution in [0.3, 0.4) is 0 Å². The van der Waals surface area contributed by atoms with Crippen molar-refractivity contribution in [1.82, 2.24) is 15.0 Å². The third-order valence-electron chi connectivity index (χ3n) is 6.06. The van der Waals surface area contributed by atoms with Crippen molar-refractivity contribution in [2.45, 2.75) is 69.8 Å². The first kappa shape index (κ1) is 28.0. The van der Waals surface area contributed by atoms with E-state index in [0.29, 0.717) is 13.0 Å². The second-order valence-electron chi connectivity index (χ2n) is 10.2. The predicted molar refractivity (Wildman–Crippen MR) is 137 cm³/mol. The van der Waals surface area contributed by atoms with E-state index >= 15 is 0 Å². The van der Waals surface area contributed by atoms with Crippen molar-refractivity contribution in [2.75, 3.05) is 12.9 Å². The van der Waals surface area contributed by atoms with Crippen LogP contribution in [0.15, 0.2) is 23.3 Å². The summed E-state index contributed by atoms with van der Waals surface area (Å²) in [6.07, 6.45) is 3.56. The van der Waals surface area contributed by atoms with Crippen molar-refractivity contribution >= 4 is 34.7 Å². The van der Waals surface area contributed by atoms with E-state index in [4.69, 9.17) is 9.57 Å². The van der Waals surface area contributed by atoms with Crippen molar-refractivity contribution in [3.63, 3.8) is 0 Å². The van der Waals surface area contributed by atoms with Crippen LogP contribution >= 0.6 is 0 Å². The maximum Gasteiger partial charge on any atom is 0.264 e. The lowest BCUT2D eigenvalue weighted by molar-refractivity contribution is -0.201. The Labute approximate surface area is 211 Å². The number of ether oxygens (including phenoxy) is 1. The van der Waals surface area contributed by atoms with Crippen LogP contribution in [0.25, 0.3) is 10.9 Å². The number of hydrogen-bond donors (Lipinski definition) is 1. The summed E-state index contributed by atoms with van der Waals surface area (Å²) in [5.74, 6) is 1.31. The van der Waals surface area contributed by atoms with Crippen molar-refractivity contribution < 1.29 is 27.2 Å². The molecule has 2 atom stereocenters. The summed E-state index contributed by atoms with van der Waals surface area (Å²) >= 11 is 0. The quantitative estimate of drug-likeness (QED) is 0.328. The monoisotopic (exact) mass is 537 g/mol. The van der Waals surface area contributed by atoms with Gasteiger partial charge in [-0.25, -0.2) is 28.1 Å². The molecule has 1 unspecified atom stereocenters. The van der Waals surface area contributed by atoms with E-state index in [1.54, 1.807) is 0 Å². The van der Waals surface area contributed by atoms with Crippen LogP contribution in [0.2, 0.25) is 19.6 Å². The third-order valence-corrected chi connectivity index (χ3v) is 8.96. The largest absolute Gasteiger partial charge is 0.350 e. The average molecular weight is 538 g/mol.